The Kier molecular flexibility index (Phi) is 5.05. The summed E-state index contributed by atoms with van der Waals surface area (Å²) in [6.45, 7) is 8.12. The molecular formula is C22H29N. The van der Waals surface area contributed by atoms with Crippen LogP contribution in [-0.2, 0) is 12.8 Å². The molecule has 1 heterocycles. The van der Waals surface area contributed by atoms with Gasteiger partial charge in [-0.2, -0.15) is 0 Å². The van der Waals surface area contributed by atoms with E-state index < -0.39 is 0 Å². The third-order valence-electron chi connectivity index (χ3n) is 5.04. The smallest absolute Gasteiger partial charge is 0.0408 e. The van der Waals surface area contributed by atoms with E-state index in [9.17, 15) is 0 Å². The average molecular weight is 307 g/mol. The summed E-state index contributed by atoms with van der Waals surface area (Å²) in [5, 5.41) is 3.69. The molecule has 0 spiro atoms. The highest BCUT2D eigenvalue weighted by molar-refractivity contribution is 5.62. The van der Waals surface area contributed by atoms with Crippen LogP contribution in [0, 0.1) is 5.92 Å². The molecule has 0 aromatic heterocycles. The van der Waals surface area contributed by atoms with E-state index in [0.29, 0.717) is 11.8 Å². The molecule has 0 saturated carbocycles. The molecule has 1 aliphatic heterocycles. The molecule has 1 aliphatic rings. The monoisotopic (exact) mass is 307 g/mol. The standard InChI is InChI=1S/C22H29N/c1-4-8-19-14-18(13-17-9-6-5-7-10-17)15-21-20(16(2)3)11-12-23-22(19)21/h5-7,9-10,14-16,20,23H,4,8,11-13H2,1-3H3. The first kappa shape index (κ1) is 16.1. The van der Waals surface area contributed by atoms with Gasteiger partial charge >= 0.3 is 0 Å². The molecule has 1 heteroatoms. The number of rotatable bonds is 5. The zero-order valence-electron chi connectivity index (χ0n) is 14.7. The minimum atomic E-state index is 0.692. The number of hydrogen-bond acceptors (Lipinski definition) is 1. The fourth-order valence-corrected chi connectivity index (χ4v) is 3.90. The number of nitrogens with one attached hydrogen (secondary N) is 1. The maximum Gasteiger partial charge on any atom is 0.0408 e. The zero-order chi connectivity index (χ0) is 16.2. The van der Waals surface area contributed by atoms with E-state index in [1.165, 1.54) is 41.6 Å². The SMILES string of the molecule is CCCc1cc(Cc2ccccc2)cc2c1NCCC2C(C)C. The largest absolute Gasteiger partial charge is 0.385 e. The Balaban J connectivity index is 2.00. The molecule has 1 atom stereocenters. The highest BCUT2D eigenvalue weighted by Gasteiger charge is 2.25. The van der Waals surface area contributed by atoms with Crippen LogP contribution in [0.5, 0.6) is 0 Å². The van der Waals surface area contributed by atoms with Crippen LogP contribution in [0.25, 0.3) is 0 Å². The molecule has 2 aromatic rings. The predicted octanol–water partition coefficient (Wildman–Crippen LogP) is 5.79. The molecule has 0 amide bonds. The summed E-state index contributed by atoms with van der Waals surface area (Å²) in [7, 11) is 0. The van der Waals surface area contributed by atoms with Gasteiger partial charge in [0.1, 0.15) is 0 Å². The molecule has 2 aromatic carbocycles. The Morgan fingerprint density at radius 1 is 1.09 bits per heavy atom. The minimum absolute atomic E-state index is 0.692. The summed E-state index contributed by atoms with van der Waals surface area (Å²) in [5.74, 6) is 1.40. The molecule has 0 bridgehead atoms. The van der Waals surface area contributed by atoms with Gasteiger partial charge in [0.25, 0.3) is 0 Å². The summed E-state index contributed by atoms with van der Waals surface area (Å²) in [6.07, 6.45) is 4.67. The molecule has 122 valence electrons. The highest BCUT2D eigenvalue weighted by Crippen LogP contribution is 2.40. The van der Waals surface area contributed by atoms with E-state index in [1.807, 2.05) is 0 Å². The van der Waals surface area contributed by atoms with E-state index in [1.54, 1.807) is 5.56 Å². The third-order valence-corrected chi connectivity index (χ3v) is 5.04. The van der Waals surface area contributed by atoms with Crippen LogP contribution in [0.3, 0.4) is 0 Å². The van der Waals surface area contributed by atoms with Crippen LogP contribution < -0.4 is 5.32 Å². The van der Waals surface area contributed by atoms with Crippen molar-refractivity contribution in [2.45, 2.75) is 52.4 Å². The lowest BCUT2D eigenvalue weighted by atomic mass is 9.80. The van der Waals surface area contributed by atoms with Crippen molar-refractivity contribution in [2.24, 2.45) is 5.92 Å². The summed E-state index contributed by atoms with van der Waals surface area (Å²) in [4.78, 5) is 0. The zero-order valence-corrected chi connectivity index (χ0v) is 14.7. The van der Waals surface area contributed by atoms with Crippen LogP contribution in [0.1, 0.15) is 61.8 Å². The molecular weight excluding hydrogens is 278 g/mol. The molecule has 23 heavy (non-hydrogen) atoms. The molecule has 0 saturated heterocycles. The second kappa shape index (κ2) is 7.21. The topological polar surface area (TPSA) is 12.0 Å². The quantitative estimate of drug-likeness (QED) is 0.737. The second-order valence-electron chi connectivity index (χ2n) is 7.20. The van der Waals surface area contributed by atoms with Crippen molar-refractivity contribution in [3.63, 3.8) is 0 Å². The van der Waals surface area contributed by atoms with Gasteiger partial charge in [0.15, 0.2) is 0 Å². The lowest BCUT2D eigenvalue weighted by Gasteiger charge is -2.32. The molecule has 0 fully saturated rings. The van der Waals surface area contributed by atoms with Crippen LogP contribution in [0.4, 0.5) is 5.69 Å². The van der Waals surface area contributed by atoms with E-state index in [2.05, 4.69) is 68.6 Å². The highest BCUT2D eigenvalue weighted by atomic mass is 14.9. The second-order valence-corrected chi connectivity index (χ2v) is 7.20. The molecule has 1 unspecified atom stereocenters. The predicted molar refractivity (Wildman–Crippen MR) is 100 cm³/mol. The Hall–Kier alpha value is -1.76. The lowest BCUT2D eigenvalue weighted by Crippen LogP contribution is -2.22. The van der Waals surface area contributed by atoms with E-state index >= 15 is 0 Å². The molecule has 1 N–H and O–H groups in total. The van der Waals surface area contributed by atoms with Crippen molar-refractivity contribution in [1.82, 2.24) is 0 Å². The minimum Gasteiger partial charge on any atom is -0.385 e. The fraction of sp³-hybridized carbons (Fsp3) is 0.455. The molecule has 0 aliphatic carbocycles. The van der Waals surface area contributed by atoms with Gasteiger partial charge in [-0.3, -0.25) is 0 Å². The Morgan fingerprint density at radius 3 is 2.57 bits per heavy atom. The summed E-state index contributed by atoms with van der Waals surface area (Å²) in [5.41, 5.74) is 7.38. The molecule has 1 nitrogen and oxygen atoms in total. The van der Waals surface area contributed by atoms with Crippen LogP contribution in [-0.4, -0.2) is 6.54 Å². The van der Waals surface area contributed by atoms with Gasteiger partial charge in [0.05, 0.1) is 0 Å². The Labute approximate surface area is 141 Å². The summed E-state index contributed by atoms with van der Waals surface area (Å²) < 4.78 is 0. The van der Waals surface area contributed by atoms with Crippen molar-refractivity contribution in [3.05, 3.63) is 64.7 Å². The fourth-order valence-electron chi connectivity index (χ4n) is 3.90. The van der Waals surface area contributed by atoms with Gasteiger partial charge in [-0.1, -0.05) is 69.7 Å². The number of fused-ring (bicyclic) bond motifs is 1. The van der Waals surface area contributed by atoms with E-state index in [0.717, 1.165) is 13.0 Å². The molecule has 3 rings (SSSR count). The van der Waals surface area contributed by atoms with Gasteiger partial charge < -0.3 is 5.32 Å². The van der Waals surface area contributed by atoms with E-state index in [4.69, 9.17) is 0 Å². The average Bonchev–Trinajstić information content (AvgIpc) is 2.55. The van der Waals surface area contributed by atoms with Crippen molar-refractivity contribution in [1.29, 1.82) is 0 Å². The summed E-state index contributed by atoms with van der Waals surface area (Å²) >= 11 is 0. The first-order valence-corrected chi connectivity index (χ1v) is 9.12. The maximum absolute atomic E-state index is 3.69. The van der Waals surface area contributed by atoms with Gasteiger partial charge in [-0.05, 0) is 53.4 Å². The van der Waals surface area contributed by atoms with Crippen LogP contribution >= 0.6 is 0 Å². The Morgan fingerprint density at radius 2 is 1.87 bits per heavy atom. The number of anilines is 1. The number of hydrogen-bond donors (Lipinski definition) is 1. The number of benzene rings is 2. The van der Waals surface area contributed by atoms with Crippen molar-refractivity contribution in [3.8, 4) is 0 Å². The lowest BCUT2D eigenvalue weighted by molar-refractivity contribution is 0.468. The van der Waals surface area contributed by atoms with Crippen LogP contribution in [0.15, 0.2) is 42.5 Å². The van der Waals surface area contributed by atoms with Crippen molar-refractivity contribution < 1.29 is 0 Å². The number of aryl methyl sites for hydroxylation is 1. The van der Waals surface area contributed by atoms with Crippen molar-refractivity contribution in [2.75, 3.05) is 11.9 Å². The first-order valence-electron chi connectivity index (χ1n) is 9.12. The molecule has 0 radical (unpaired) electrons. The van der Waals surface area contributed by atoms with Gasteiger partial charge in [0, 0.05) is 12.2 Å². The summed E-state index contributed by atoms with van der Waals surface area (Å²) in [6, 6.07) is 15.7. The maximum atomic E-state index is 3.69. The van der Waals surface area contributed by atoms with Crippen molar-refractivity contribution >= 4 is 5.69 Å². The van der Waals surface area contributed by atoms with Crippen LogP contribution in [0.2, 0.25) is 0 Å². The first-order chi connectivity index (χ1) is 11.2. The van der Waals surface area contributed by atoms with Gasteiger partial charge in [-0.25, -0.2) is 0 Å². The van der Waals surface area contributed by atoms with Gasteiger partial charge in [-0.15, -0.1) is 0 Å². The van der Waals surface area contributed by atoms with E-state index in [-0.39, 0.29) is 0 Å². The third kappa shape index (κ3) is 3.60. The Bertz CT molecular complexity index is 643. The normalized spacial score (nSPS) is 17.0. The van der Waals surface area contributed by atoms with Gasteiger partial charge in [0.2, 0.25) is 0 Å².